The maximum atomic E-state index is 12.4. The molecule has 0 fully saturated rings. The Balaban J connectivity index is 1.72. The van der Waals surface area contributed by atoms with Crippen molar-refractivity contribution in [1.29, 1.82) is 0 Å². The highest BCUT2D eigenvalue weighted by Crippen LogP contribution is 2.23. The minimum Gasteiger partial charge on any atom is -0.497 e. The lowest BCUT2D eigenvalue weighted by atomic mass is 10.1. The highest BCUT2D eigenvalue weighted by molar-refractivity contribution is 5.91. The van der Waals surface area contributed by atoms with E-state index in [0.717, 1.165) is 16.8 Å². The summed E-state index contributed by atoms with van der Waals surface area (Å²) in [5, 5.41) is 10.9. The van der Waals surface area contributed by atoms with Crippen molar-refractivity contribution in [1.82, 2.24) is 20.3 Å². The topological polar surface area (TPSA) is 78.3 Å². The summed E-state index contributed by atoms with van der Waals surface area (Å²) in [7, 11) is 3.18. The zero-order valence-electron chi connectivity index (χ0n) is 15.8. The number of carbonyl (C=O) groups excluding carboxylic acids is 1. The molecule has 140 valence electrons. The van der Waals surface area contributed by atoms with Crippen LogP contribution in [-0.4, -0.2) is 35.1 Å². The van der Waals surface area contributed by atoms with E-state index in [1.54, 1.807) is 37.2 Å². The summed E-state index contributed by atoms with van der Waals surface area (Å²) in [5.41, 5.74) is 4.27. The number of carbonyl (C=O) groups is 1. The Hall–Kier alpha value is -3.35. The van der Waals surface area contributed by atoms with Gasteiger partial charge in [0.1, 0.15) is 11.5 Å². The minimum absolute atomic E-state index is 0.245. The Kier molecular flexibility index (Phi) is 5.40. The highest BCUT2D eigenvalue weighted by Gasteiger charge is 2.13. The van der Waals surface area contributed by atoms with Crippen LogP contribution in [0.4, 0.5) is 0 Å². The van der Waals surface area contributed by atoms with E-state index in [9.17, 15) is 4.79 Å². The molecule has 0 aliphatic heterocycles. The van der Waals surface area contributed by atoms with Crippen LogP contribution in [0.2, 0.25) is 0 Å². The first-order valence-corrected chi connectivity index (χ1v) is 8.51. The van der Waals surface area contributed by atoms with Crippen LogP contribution in [0.5, 0.6) is 11.5 Å². The SMILES string of the molecule is COc1ccc(OC)c(CNC(=O)c2cn(-c3ccc(C)c(C)c3)nn2)c1. The van der Waals surface area contributed by atoms with Crippen LogP contribution in [0.1, 0.15) is 27.2 Å². The fourth-order valence-corrected chi connectivity index (χ4v) is 2.65. The number of benzene rings is 2. The maximum absolute atomic E-state index is 12.4. The number of amides is 1. The third kappa shape index (κ3) is 4.08. The molecule has 1 amide bonds. The summed E-state index contributed by atoms with van der Waals surface area (Å²) in [6.07, 6.45) is 1.61. The molecule has 1 aromatic heterocycles. The molecule has 7 heteroatoms. The van der Waals surface area contributed by atoms with Gasteiger partial charge in [0.2, 0.25) is 0 Å². The second-order valence-electron chi connectivity index (χ2n) is 6.18. The number of hydrogen-bond donors (Lipinski definition) is 1. The lowest BCUT2D eigenvalue weighted by Crippen LogP contribution is -2.23. The number of rotatable bonds is 6. The van der Waals surface area contributed by atoms with Crippen LogP contribution in [0.3, 0.4) is 0 Å². The van der Waals surface area contributed by atoms with Gasteiger partial charge < -0.3 is 14.8 Å². The second kappa shape index (κ2) is 7.90. The minimum atomic E-state index is -0.310. The predicted octanol–water partition coefficient (Wildman–Crippen LogP) is 2.83. The monoisotopic (exact) mass is 366 g/mol. The Morgan fingerprint density at radius 3 is 2.59 bits per heavy atom. The van der Waals surface area contributed by atoms with E-state index in [1.165, 1.54) is 5.56 Å². The quantitative estimate of drug-likeness (QED) is 0.726. The van der Waals surface area contributed by atoms with E-state index in [0.29, 0.717) is 11.5 Å². The zero-order valence-corrected chi connectivity index (χ0v) is 15.8. The number of ether oxygens (including phenoxy) is 2. The van der Waals surface area contributed by atoms with Gasteiger partial charge in [-0.25, -0.2) is 4.68 Å². The Morgan fingerprint density at radius 1 is 1.07 bits per heavy atom. The molecular formula is C20H22N4O3. The molecule has 0 unspecified atom stereocenters. The number of aryl methyl sites for hydroxylation is 2. The standard InChI is InChI=1S/C20H22N4O3/c1-13-5-6-16(9-14(13)2)24-12-18(22-23-24)20(25)21-11-15-10-17(26-3)7-8-19(15)27-4/h5-10,12H,11H2,1-4H3,(H,21,25). The smallest absolute Gasteiger partial charge is 0.273 e. The molecule has 3 rings (SSSR count). The van der Waals surface area contributed by atoms with E-state index in [2.05, 4.69) is 15.6 Å². The molecule has 2 aromatic carbocycles. The van der Waals surface area contributed by atoms with Gasteiger partial charge in [-0.15, -0.1) is 5.10 Å². The molecule has 0 spiro atoms. The van der Waals surface area contributed by atoms with E-state index >= 15 is 0 Å². The first-order valence-electron chi connectivity index (χ1n) is 8.51. The number of nitrogens with one attached hydrogen (secondary N) is 1. The summed E-state index contributed by atoms with van der Waals surface area (Å²) in [6, 6.07) is 11.4. The number of aromatic nitrogens is 3. The van der Waals surface area contributed by atoms with E-state index in [-0.39, 0.29) is 18.1 Å². The van der Waals surface area contributed by atoms with Crippen molar-refractivity contribution < 1.29 is 14.3 Å². The van der Waals surface area contributed by atoms with Crippen molar-refractivity contribution >= 4 is 5.91 Å². The van der Waals surface area contributed by atoms with Gasteiger partial charge in [-0.05, 0) is 55.3 Å². The number of nitrogens with zero attached hydrogens (tertiary/aromatic N) is 3. The van der Waals surface area contributed by atoms with Gasteiger partial charge in [0.15, 0.2) is 5.69 Å². The average molecular weight is 366 g/mol. The lowest BCUT2D eigenvalue weighted by Gasteiger charge is -2.10. The molecule has 1 N–H and O–H groups in total. The summed E-state index contributed by atoms with van der Waals surface area (Å²) in [4.78, 5) is 12.4. The van der Waals surface area contributed by atoms with Crippen molar-refractivity contribution in [3.8, 4) is 17.2 Å². The van der Waals surface area contributed by atoms with Gasteiger partial charge in [0.25, 0.3) is 5.91 Å². The highest BCUT2D eigenvalue weighted by atomic mass is 16.5. The normalized spacial score (nSPS) is 10.5. The fourth-order valence-electron chi connectivity index (χ4n) is 2.65. The lowest BCUT2D eigenvalue weighted by molar-refractivity contribution is 0.0945. The zero-order chi connectivity index (χ0) is 19.4. The van der Waals surface area contributed by atoms with Crippen molar-refractivity contribution in [2.24, 2.45) is 0 Å². The fraction of sp³-hybridized carbons (Fsp3) is 0.250. The van der Waals surface area contributed by atoms with Crippen LogP contribution in [0, 0.1) is 13.8 Å². The van der Waals surface area contributed by atoms with Gasteiger partial charge in [-0.2, -0.15) is 0 Å². The molecular weight excluding hydrogens is 344 g/mol. The molecule has 0 atom stereocenters. The summed E-state index contributed by atoms with van der Waals surface area (Å²) in [6.45, 7) is 4.37. The summed E-state index contributed by atoms with van der Waals surface area (Å²) in [5.74, 6) is 1.06. The van der Waals surface area contributed by atoms with E-state index in [4.69, 9.17) is 9.47 Å². The van der Waals surface area contributed by atoms with Gasteiger partial charge in [0, 0.05) is 12.1 Å². The summed E-state index contributed by atoms with van der Waals surface area (Å²) < 4.78 is 12.1. The van der Waals surface area contributed by atoms with Gasteiger partial charge in [-0.1, -0.05) is 11.3 Å². The number of methoxy groups -OCH3 is 2. The van der Waals surface area contributed by atoms with Crippen LogP contribution in [0.25, 0.3) is 5.69 Å². The summed E-state index contributed by atoms with van der Waals surface area (Å²) >= 11 is 0. The Morgan fingerprint density at radius 2 is 1.89 bits per heavy atom. The van der Waals surface area contributed by atoms with E-state index in [1.807, 2.05) is 38.1 Å². The van der Waals surface area contributed by atoms with Crippen LogP contribution >= 0.6 is 0 Å². The largest absolute Gasteiger partial charge is 0.497 e. The molecule has 0 aliphatic carbocycles. The molecule has 0 radical (unpaired) electrons. The molecule has 3 aromatic rings. The van der Waals surface area contributed by atoms with Crippen LogP contribution < -0.4 is 14.8 Å². The molecule has 0 aliphatic rings. The predicted molar refractivity (Wildman–Crippen MR) is 102 cm³/mol. The Labute approximate surface area is 157 Å². The number of hydrogen-bond acceptors (Lipinski definition) is 5. The van der Waals surface area contributed by atoms with Gasteiger partial charge in [0.05, 0.1) is 26.1 Å². The Bertz CT molecular complexity index is 966. The third-order valence-corrected chi connectivity index (χ3v) is 4.41. The van der Waals surface area contributed by atoms with E-state index < -0.39 is 0 Å². The molecule has 27 heavy (non-hydrogen) atoms. The van der Waals surface area contributed by atoms with Crippen molar-refractivity contribution in [2.75, 3.05) is 14.2 Å². The average Bonchev–Trinajstić information content (AvgIpc) is 3.18. The molecule has 0 saturated heterocycles. The second-order valence-corrected chi connectivity index (χ2v) is 6.18. The van der Waals surface area contributed by atoms with Crippen molar-refractivity contribution in [2.45, 2.75) is 20.4 Å². The van der Waals surface area contributed by atoms with Crippen LogP contribution in [0.15, 0.2) is 42.6 Å². The van der Waals surface area contributed by atoms with Gasteiger partial charge in [-0.3, -0.25) is 4.79 Å². The molecule has 0 bridgehead atoms. The molecule has 0 saturated carbocycles. The molecule has 1 heterocycles. The van der Waals surface area contributed by atoms with Crippen molar-refractivity contribution in [3.63, 3.8) is 0 Å². The van der Waals surface area contributed by atoms with Gasteiger partial charge >= 0.3 is 0 Å². The first kappa shape index (κ1) is 18.4. The third-order valence-electron chi connectivity index (χ3n) is 4.41. The maximum Gasteiger partial charge on any atom is 0.273 e. The molecule has 7 nitrogen and oxygen atoms in total. The van der Waals surface area contributed by atoms with Crippen LogP contribution in [-0.2, 0) is 6.54 Å². The van der Waals surface area contributed by atoms with Crippen molar-refractivity contribution in [3.05, 3.63) is 65.0 Å². The first-order chi connectivity index (χ1) is 13.0.